The number of aliphatic hydroxyl groups is 1. The summed E-state index contributed by atoms with van der Waals surface area (Å²) in [6, 6.07) is 31.7. The third-order valence-electron chi connectivity index (χ3n) is 9.50. The molecule has 0 aliphatic rings. The number of carbonyl (C=O) groups excluding carboxylic acids is 2. The summed E-state index contributed by atoms with van der Waals surface area (Å²) in [5, 5.41) is 64.4. The molecule has 0 spiro atoms. The Labute approximate surface area is 508 Å². The number of halogens is 9. The predicted molar refractivity (Wildman–Crippen MR) is 332 cm³/mol. The molecule has 0 heterocycles. The third kappa shape index (κ3) is 46.7. The van der Waals surface area contributed by atoms with Crippen LogP contribution in [0.25, 0.3) is 10.8 Å². The smallest absolute Gasteiger partial charge is 0.434 e. The van der Waals surface area contributed by atoms with Crippen molar-refractivity contribution in [2.24, 2.45) is 10.8 Å². The van der Waals surface area contributed by atoms with Gasteiger partial charge >= 0.3 is 30.5 Å². The molecule has 11 nitrogen and oxygen atoms in total. The van der Waals surface area contributed by atoms with E-state index in [0.29, 0.717) is 18.4 Å². The van der Waals surface area contributed by atoms with Gasteiger partial charge in [-0.15, -0.1) is 0 Å². The van der Waals surface area contributed by atoms with E-state index in [1.165, 1.54) is 63.8 Å². The number of hydrogen-bond acceptors (Lipinski definition) is 11. The SMILES string of the molecule is CC.CC.CC.CCC.CCC.CCC.CCC.CCC(C)(CC(C)(C)C(=O)OC(C(F)(F)F)C(F)(F)F)C(=O)OC(C)CC(C)(O)C(F)(F)F.Cc1cccc(O)c1.Oc1ccc(O)cc1.Oc1ccc2ccc(O)cc2c1.Oc1ccccc1. The lowest BCUT2D eigenvalue weighted by molar-refractivity contribution is -0.315. The van der Waals surface area contributed by atoms with E-state index in [2.05, 4.69) is 60.1 Å². The number of hydrogen-bond donors (Lipinski definition) is 7. The largest absolute Gasteiger partial charge is 0.508 e. The molecule has 0 aliphatic carbocycles. The first kappa shape index (κ1) is 93.1. The molecule has 0 fully saturated rings. The average Bonchev–Trinajstić information content (AvgIpc) is 2.21. The van der Waals surface area contributed by atoms with Gasteiger partial charge in [-0.05, 0) is 144 Å². The van der Waals surface area contributed by atoms with Gasteiger partial charge in [-0.3, -0.25) is 9.59 Å². The minimum Gasteiger partial charge on any atom is -0.508 e. The van der Waals surface area contributed by atoms with Gasteiger partial charge in [-0.1, -0.05) is 172 Å². The summed E-state index contributed by atoms with van der Waals surface area (Å²) in [5.41, 5.74) is -5.83. The van der Waals surface area contributed by atoms with Crippen LogP contribution in [0.1, 0.15) is 189 Å². The van der Waals surface area contributed by atoms with Crippen LogP contribution in [0.2, 0.25) is 0 Å². The lowest BCUT2D eigenvalue weighted by Crippen LogP contribution is -2.49. The Hall–Kier alpha value is -6.57. The van der Waals surface area contributed by atoms with Gasteiger partial charge in [-0.25, -0.2) is 0 Å². The maximum atomic E-state index is 12.8. The van der Waals surface area contributed by atoms with E-state index in [0.717, 1.165) is 37.1 Å². The highest BCUT2D eigenvalue weighted by molar-refractivity contribution is 5.85. The molecule has 3 unspecified atom stereocenters. The molecule has 0 bridgehead atoms. The number of fused-ring (bicyclic) bond motifs is 1. The summed E-state index contributed by atoms with van der Waals surface area (Å²) in [6.45, 7) is 37.0. The number of para-hydroxylation sites is 1. The van der Waals surface area contributed by atoms with E-state index in [1.54, 1.807) is 60.7 Å². The van der Waals surface area contributed by atoms with Crippen LogP contribution in [-0.4, -0.2) is 84.0 Å². The summed E-state index contributed by atoms with van der Waals surface area (Å²) in [7, 11) is 0. The number of aryl methyl sites for hydroxylation is 1. The van der Waals surface area contributed by atoms with E-state index in [1.807, 2.05) is 78.8 Å². The molecule has 498 valence electrons. The quantitative estimate of drug-likeness (QED) is 0.0422. The Bertz CT molecular complexity index is 2300. The molecule has 0 radical (unpaired) electrons. The Kier molecular flexibility index (Phi) is 54.8. The van der Waals surface area contributed by atoms with Gasteiger partial charge in [-0.2, -0.15) is 39.5 Å². The number of rotatable bonds is 9. The molecular formula is C66H105F9O11. The van der Waals surface area contributed by atoms with Crippen LogP contribution < -0.4 is 0 Å². The van der Waals surface area contributed by atoms with Gasteiger partial charge in [0, 0.05) is 6.42 Å². The van der Waals surface area contributed by atoms with Crippen molar-refractivity contribution in [1.29, 1.82) is 0 Å². The van der Waals surface area contributed by atoms with Crippen molar-refractivity contribution in [3.8, 4) is 34.5 Å². The van der Waals surface area contributed by atoms with Crippen molar-refractivity contribution < 1.29 is 94.3 Å². The van der Waals surface area contributed by atoms with Gasteiger partial charge in [0.1, 0.15) is 40.6 Å². The third-order valence-corrected chi connectivity index (χ3v) is 9.50. The number of alkyl halides is 9. The highest BCUT2D eigenvalue weighted by atomic mass is 19.4. The predicted octanol–water partition coefficient (Wildman–Crippen LogP) is 20.7. The molecule has 3 atom stereocenters. The topological polar surface area (TPSA) is 194 Å². The number of benzene rings is 5. The van der Waals surface area contributed by atoms with Gasteiger partial charge in [0.25, 0.3) is 6.10 Å². The average molecular weight is 1250 g/mol. The zero-order valence-electron chi connectivity index (χ0n) is 54.7. The second kappa shape index (κ2) is 50.6. The maximum Gasteiger partial charge on any atom is 0.434 e. The van der Waals surface area contributed by atoms with Crippen LogP contribution >= 0.6 is 0 Å². The summed E-state index contributed by atoms with van der Waals surface area (Å²) in [6.07, 6.45) is -19.5. The Morgan fingerprint density at radius 3 is 1.06 bits per heavy atom. The van der Waals surface area contributed by atoms with E-state index >= 15 is 0 Å². The molecule has 0 amide bonds. The van der Waals surface area contributed by atoms with Crippen LogP contribution in [0.3, 0.4) is 0 Å². The molecule has 5 aromatic rings. The second-order valence-electron chi connectivity index (χ2n) is 19.3. The Morgan fingerprint density at radius 2 is 0.779 bits per heavy atom. The number of phenolic OH excluding ortho intramolecular Hbond substituents is 6. The van der Waals surface area contributed by atoms with E-state index in [9.17, 15) is 54.2 Å². The van der Waals surface area contributed by atoms with Crippen molar-refractivity contribution >= 4 is 22.7 Å². The van der Waals surface area contributed by atoms with Crippen molar-refractivity contribution in [2.75, 3.05) is 0 Å². The van der Waals surface area contributed by atoms with Crippen LogP contribution in [0.5, 0.6) is 34.5 Å². The fourth-order valence-electron chi connectivity index (χ4n) is 5.75. The molecule has 0 aromatic heterocycles. The lowest BCUT2D eigenvalue weighted by Gasteiger charge is -2.36. The Balaban J connectivity index is -0.000000190. The fraction of sp³-hybridized carbons (Fsp3) is 0.545. The molecule has 5 rings (SSSR count). The van der Waals surface area contributed by atoms with E-state index < -0.39 is 71.9 Å². The normalized spacial score (nSPS) is 11.9. The summed E-state index contributed by atoms with van der Waals surface area (Å²) >= 11 is 0. The summed E-state index contributed by atoms with van der Waals surface area (Å²) in [4.78, 5) is 24.8. The first-order chi connectivity index (χ1) is 39.7. The Morgan fingerprint density at radius 1 is 0.453 bits per heavy atom. The monoisotopic (exact) mass is 1240 g/mol. The standard InChI is InChI=1S/C19H27F9O5.C10H8O2.C7H8O.C6H6O2.C6H6O.4C3H8.3C2H6/c1-7-15(5,13(30)32-10(2)8-16(6,31)19(26,27)28)9-14(3,4)12(29)33-11(17(20,21)22)18(23,24)25;11-9-3-1-7-2-4-10(12)6-8(7)5-9;1-6-3-2-4-7(8)5-6;7-5-1-2-6(8)4-3-5;7-6-4-2-1-3-5-6;4*1-3-2;3*1-2/h10-11,31H,7-9H2,1-6H3;1-6,11-12H;2-5,8H,1H3;1-4,7-8H;1-5,7H;4*3H2,1-2H3;3*1-2H3. The van der Waals surface area contributed by atoms with E-state index in [-0.39, 0.29) is 29.4 Å². The molecule has 20 heteroatoms. The van der Waals surface area contributed by atoms with Crippen LogP contribution in [-0.2, 0) is 19.1 Å². The molecule has 0 aliphatic heterocycles. The van der Waals surface area contributed by atoms with Crippen molar-refractivity contribution in [1.82, 2.24) is 0 Å². The minimum absolute atomic E-state index is 0.132. The van der Waals surface area contributed by atoms with Crippen molar-refractivity contribution in [3.63, 3.8) is 0 Å². The van der Waals surface area contributed by atoms with E-state index in [4.69, 9.17) is 35.4 Å². The minimum atomic E-state index is -5.93. The number of carbonyl (C=O) groups is 2. The van der Waals surface area contributed by atoms with Gasteiger partial charge in [0.15, 0.2) is 5.60 Å². The van der Waals surface area contributed by atoms with Crippen LogP contribution in [0.15, 0.2) is 115 Å². The highest BCUT2D eigenvalue weighted by Gasteiger charge is 2.61. The zero-order chi connectivity index (χ0) is 69.3. The first-order valence-corrected chi connectivity index (χ1v) is 28.9. The number of ether oxygens (including phenoxy) is 2. The number of aromatic hydroxyl groups is 6. The molecule has 86 heavy (non-hydrogen) atoms. The molecule has 0 saturated heterocycles. The van der Waals surface area contributed by atoms with Gasteiger partial charge in [0.05, 0.1) is 10.8 Å². The maximum absolute atomic E-state index is 12.8. The molecule has 5 aromatic carbocycles. The molecular weight excluding hydrogens is 1140 g/mol. The van der Waals surface area contributed by atoms with Gasteiger partial charge in [0.2, 0.25) is 0 Å². The van der Waals surface area contributed by atoms with Gasteiger partial charge < -0.3 is 45.2 Å². The van der Waals surface area contributed by atoms with Crippen molar-refractivity contribution in [2.45, 2.75) is 227 Å². The zero-order valence-corrected chi connectivity index (χ0v) is 54.7. The highest BCUT2D eigenvalue weighted by Crippen LogP contribution is 2.43. The fourth-order valence-corrected chi connectivity index (χ4v) is 5.75. The lowest BCUT2D eigenvalue weighted by atomic mass is 9.72. The van der Waals surface area contributed by atoms with Crippen LogP contribution in [0.4, 0.5) is 39.5 Å². The number of esters is 2. The van der Waals surface area contributed by atoms with Crippen LogP contribution in [0, 0.1) is 17.8 Å². The summed E-state index contributed by atoms with van der Waals surface area (Å²) in [5.74, 6) is -1.61. The summed E-state index contributed by atoms with van der Waals surface area (Å²) < 4.78 is 123. The number of phenols is 6. The molecule has 0 saturated carbocycles. The van der Waals surface area contributed by atoms with Crippen molar-refractivity contribution in [3.05, 3.63) is 121 Å². The first-order valence-electron chi connectivity index (χ1n) is 28.9. The second-order valence-corrected chi connectivity index (χ2v) is 19.3. The molecule has 7 N–H and O–H groups in total.